The number of allylic oxidation sites excluding steroid dienone is 2. The van der Waals surface area contributed by atoms with Gasteiger partial charge in [-0.25, -0.2) is 4.79 Å². The highest BCUT2D eigenvalue weighted by Gasteiger charge is 2.59. The summed E-state index contributed by atoms with van der Waals surface area (Å²) in [6, 6.07) is 9.48. The molecule has 0 saturated carbocycles. The summed E-state index contributed by atoms with van der Waals surface area (Å²) in [5.74, 6) is -2.19. The zero-order valence-corrected chi connectivity index (χ0v) is 18.7. The molecular weight excluding hydrogens is 482 g/mol. The molecular formula is C23H20Cl2F3NO4. The van der Waals surface area contributed by atoms with Crippen molar-refractivity contribution in [1.82, 2.24) is 0 Å². The van der Waals surface area contributed by atoms with Crippen LogP contribution in [-0.2, 0) is 0 Å². The number of aromatic carboxylic acids is 1. The number of hydrogen-bond donors (Lipinski definition) is 3. The summed E-state index contributed by atoms with van der Waals surface area (Å²) in [6.45, 7) is 4.51. The van der Waals surface area contributed by atoms with Gasteiger partial charge in [-0.2, -0.15) is 13.2 Å². The average Bonchev–Trinajstić information content (AvgIpc) is 2.71. The Morgan fingerprint density at radius 2 is 1.76 bits per heavy atom. The van der Waals surface area contributed by atoms with Gasteiger partial charge in [0.2, 0.25) is 0 Å². The number of rotatable bonds is 8. The Bertz CT molecular complexity index is 1100. The second-order valence-corrected chi connectivity index (χ2v) is 7.90. The molecule has 176 valence electrons. The fourth-order valence-corrected chi connectivity index (χ4v) is 3.62. The molecule has 2 atom stereocenters. The van der Waals surface area contributed by atoms with Crippen molar-refractivity contribution in [1.29, 1.82) is 0 Å². The number of benzene rings is 2. The number of carboxylic acids is 1. The molecule has 2 rings (SSSR count). The van der Waals surface area contributed by atoms with E-state index in [9.17, 15) is 23.1 Å². The molecule has 0 spiro atoms. The Labute approximate surface area is 198 Å². The summed E-state index contributed by atoms with van der Waals surface area (Å²) >= 11 is 11.9. The predicted octanol–water partition coefficient (Wildman–Crippen LogP) is 6.38. The molecule has 0 fully saturated rings. The normalized spacial score (nSPS) is 15.2. The van der Waals surface area contributed by atoms with Crippen molar-refractivity contribution in [3.63, 3.8) is 0 Å². The number of aliphatic hydroxyl groups is 1. The number of nitrogens with two attached hydrogens (primary N) is 1. The predicted molar refractivity (Wildman–Crippen MR) is 121 cm³/mol. The summed E-state index contributed by atoms with van der Waals surface area (Å²) in [5, 5.41) is 19.5. The van der Waals surface area contributed by atoms with Crippen LogP contribution in [0.25, 0.3) is 0 Å². The van der Waals surface area contributed by atoms with Crippen LogP contribution in [0.15, 0.2) is 78.0 Å². The lowest BCUT2D eigenvalue weighted by atomic mass is 9.77. The van der Waals surface area contributed by atoms with E-state index in [1.165, 1.54) is 42.5 Å². The lowest BCUT2D eigenvalue weighted by Crippen LogP contribution is -2.50. The first-order valence-electron chi connectivity index (χ1n) is 9.35. The van der Waals surface area contributed by atoms with Gasteiger partial charge in [0, 0.05) is 16.0 Å². The number of carboxylic acid groups (broad SMARTS) is 1. The molecule has 5 nitrogen and oxygen atoms in total. The molecule has 0 saturated heterocycles. The van der Waals surface area contributed by atoms with Crippen LogP contribution < -0.4 is 10.5 Å². The number of carbonyl (C=O) groups is 1. The minimum atomic E-state index is -5.12. The molecule has 33 heavy (non-hydrogen) atoms. The topological polar surface area (TPSA) is 92.8 Å². The molecule has 0 aliphatic heterocycles. The van der Waals surface area contributed by atoms with Crippen LogP contribution in [0.1, 0.15) is 28.8 Å². The van der Waals surface area contributed by atoms with Gasteiger partial charge in [0.05, 0.1) is 5.56 Å². The summed E-state index contributed by atoms with van der Waals surface area (Å²) < 4.78 is 47.9. The van der Waals surface area contributed by atoms with Crippen LogP contribution in [0.5, 0.6) is 11.5 Å². The molecule has 2 aromatic rings. The van der Waals surface area contributed by atoms with E-state index in [1.54, 1.807) is 0 Å². The van der Waals surface area contributed by atoms with E-state index >= 15 is 0 Å². The summed E-state index contributed by atoms with van der Waals surface area (Å²) in [5.41, 5.74) is 1.33. The third kappa shape index (κ3) is 5.90. The monoisotopic (exact) mass is 501 g/mol. The fraction of sp³-hybridized carbons (Fsp3) is 0.174. The third-order valence-electron chi connectivity index (χ3n) is 4.86. The Balaban J connectivity index is 2.45. The van der Waals surface area contributed by atoms with Crippen LogP contribution in [0.3, 0.4) is 0 Å². The van der Waals surface area contributed by atoms with Gasteiger partial charge >= 0.3 is 12.1 Å². The van der Waals surface area contributed by atoms with Crippen molar-refractivity contribution in [2.45, 2.75) is 24.6 Å². The van der Waals surface area contributed by atoms with Crippen molar-refractivity contribution in [3.8, 4) is 11.5 Å². The van der Waals surface area contributed by atoms with Crippen LogP contribution >= 0.6 is 23.2 Å². The highest BCUT2D eigenvalue weighted by Crippen LogP contribution is 2.48. The van der Waals surface area contributed by atoms with Gasteiger partial charge < -0.3 is 20.7 Å². The van der Waals surface area contributed by atoms with E-state index < -0.39 is 29.2 Å². The summed E-state index contributed by atoms with van der Waals surface area (Å²) in [6.07, 6.45) is -2.50. The first-order chi connectivity index (χ1) is 15.3. The molecule has 0 heterocycles. The maximum absolute atomic E-state index is 14.1. The van der Waals surface area contributed by atoms with Gasteiger partial charge in [0.25, 0.3) is 0 Å². The van der Waals surface area contributed by atoms with E-state index in [1.807, 2.05) is 0 Å². The van der Waals surface area contributed by atoms with Crippen LogP contribution in [-0.4, -0.2) is 28.0 Å². The molecule has 0 aliphatic rings. The maximum atomic E-state index is 14.1. The van der Waals surface area contributed by atoms with Gasteiger partial charge in [-0.3, -0.25) is 0 Å². The molecule has 0 radical (unpaired) electrons. The van der Waals surface area contributed by atoms with Crippen LogP contribution in [0, 0.1) is 0 Å². The van der Waals surface area contributed by atoms with E-state index in [0.717, 1.165) is 25.3 Å². The lowest BCUT2D eigenvalue weighted by molar-refractivity contribution is -0.250. The maximum Gasteiger partial charge on any atom is 0.422 e. The molecule has 2 aromatic carbocycles. The van der Waals surface area contributed by atoms with E-state index in [0.29, 0.717) is 5.75 Å². The van der Waals surface area contributed by atoms with Gasteiger partial charge in [-0.15, -0.1) is 0 Å². The Morgan fingerprint density at radius 1 is 1.18 bits per heavy atom. The second-order valence-electron chi connectivity index (χ2n) is 7.01. The number of halogens is 5. The van der Waals surface area contributed by atoms with Gasteiger partial charge in [0.15, 0.2) is 5.60 Å². The number of ether oxygens (including phenoxy) is 1. The number of alkyl halides is 3. The molecule has 10 heteroatoms. The standard InChI is InChI=1S/C23H20Cl2F3NO4/c1-13(24)11-16(9-10-29)22(32,23(26,27)28)14(2)19-8-7-18(12-20(19)25)33-17-5-3-15(4-6-17)21(30)31/h3-12,14,32H,1,29H2,2H3,(H,30,31)/b10-9-,16-11+. The lowest BCUT2D eigenvalue weighted by Gasteiger charge is -2.37. The van der Waals surface area contributed by atoms with E-state index in [4.69, 9.17) is 38.8 Å². The Kier molecular flexibility index (Phi) is 8.24. The number of hydrogen-bond acceptors (Lipinski definition) is 4. The first-order valence-corrected chi connectivity index (χ1v) is 10.1. The average molecular weight is 502 g/mol. The quantitative estimate of drug-likeness (QED) is 0.365. The molecule has 4 N–H and O–H groups in total. The molecule has 0 amide bonds. The summed E-state index contributed by atoms with van der Waals surface area (Å²) in [4.78, 5) is 10.9. The molecule has 0 aromatic heterocycles. The first kappa shape index (κ1) is 26.3. The van der Waals surface area contributed by atoms with Gasteiger partial charge in [0.1, 0.15) is 11.5 Å². The highest BCUT2D eigenvalue weighted by molar-refractivity contribution is 6.31. The minimum Gasteiger partial charge on any atom is -0.478 e. The highest BCUT2D eigenvalue weighted by atomic mass is 35.5. The SMILES string of the molecule is C=C(Cl)/C=C(\C=C/N)C(O)(C(C)c1ccc(Oc2ccc(C(=O)O)cc2)cc1Cl)C(F)(F)F. The second kappa shape index (κ2) is 10.3. The van der Waals surface area contributed by atoms with Crippen molar-refractivity contribution in [2.24, 2.45) is 5.73 Å². The molecule has 0 bridgehead atoms. The van der Waals surface area contributed by atoms with Crippen molar-refractivity contribution >= 4 is 29.2 Å². The van der Waals surface area contributed by atoms with Gasteiger partial charge in [-0.1, -0.05) is 42.8 Å². The molecule has 0 aliphatic carbocycles. The fourth-order valence-electron chi connectivity index (χ4n) is 3.17. The summed E-state index contributed by atoms with van der Waals surface area (Å²) in [7, 11) is 0. The smallest absolute Gasteiger partial charge is 0.422 e. The zero-order valence-electron chi connectivity index (χ0n) is 17.2. The van der Waals surface area contributed by atoms with Gasteiger partial charge in [-0.05, 0) is 65.9 Å². The van der Waals surface area contributed by atoms with Crippen LogP contribution in [0.4, 0.5) is 13.2 Å². The van der Waals surface area contributed by atoms with Crippen LogP contribution in [0.2, 0.25) is 5.02 Å². The van der Waals surface area contributed by atoms with E-state index in [-0.39, 0.29) is 26.9 Å². The largest absolute Gasteiger partial charge is 0.478 e. The zero-order chi connectivity index (χ0) is 25.0. The van der Waals surface area contributed by atoms with Crippen molar-refractivity contribution in [3.05, 3.63) is 94.2 Å². The Hall–Kier alpha value is -2.94. The van der Waals surface area contributed by atoms with Crippen molar-refractivity contribution < 1.29 is 32.9 Å². The molecule has 2 unspecified atom stereocenters. The minimum absolute atomic E-state index is 0.0124. The Morgan fingerprint density at radius 3 is 2.21 bits per heavy atom. The van der Waals surface area contributed by atoms with E-state index in [2.05, 4.69) is 6.58 Å². The third-order valence-corrected chi connectivity index (χ3v) is 5.30. The van der Waals surface area contributed by atoms with Crippen molar-refractivity contribution in [2.75, 3.05) is 0 Å².